The lowest BCUT2D eigenvalue weighted by Crippen LogP contribution is -2.54. The third-order valence-electron chi connectivity index (χ3n) is 12.5. The van der Waals surface area contributed by atoms with Gasteiger partial charge in [0.05, 0.1) is 63.8 Å². The topological polar surface area (TPSA) is 216 Å². The molecule has 8 rings (SSSR count). The maximum atomic E-state index is 12.7. The van der Waals surface area contributed by atoms with Crippen LogP contribution in [0.5, 0.6) is 0 Å². The number of allylic oxidation sites excluding steroid dienone is 2. The van der Waals surface area contributed by atoms with E-state index < -0.39 is 0 Å². The highest BCUT2D eigenvalue weighted by Crippen LogP contribution is 2.26. The summed E-state index contributed by atoms with van der Waals surface area (Å²) < 4.78 is 3.83. The number of Topliss-reactive ketones (excluding diaryl/α,β-unsaturated/α-hetero) is 2. The van der Waals surface area contributed by atoms with Crippen molar-refractivity contribution in [1.82, 2.24) is 54.6 Å². The lowest BCUT2D eigenvalue weighted by molar-refractivity contribution is -0.115. The van der Waals surface area contributed by atoms with Crippen molar-refractivity contribution in [2.45, 2.75) is 104 Å². The number of likely N-dealkylation sites (tertiary alicyclic amines) is 2. The number of benzene rings is 2. The van der Waals surface area contributed by atoms with Gasteiger partial charge >= 0.3 is 0 Å². The summed E-state index contributed by atoms with van der Waals surface area (Å²) in [4.78, 5) is 51.3. The number of anilines is 2. The zero-order chi connectivity index (χ0) is 54.5. The van der Waals surface area contributed by atoms with E-state index in [4.69, 9.17) is 28.1 Å². The Balaban J connectivity index is 0.000000210. The van der Waals surface area contributed by atoms with Crippen LogP contribution in [-0.2, 0) is 23.2 Å². The number of carbonyl (C=O) groups is 2. The van der Waals surface area contributed by atoms with Gasteiger partial charge in [-0.15, -0.1) is 0 Å². The first-order valence-corrected chi connectivity index (χ1v) is 25.6. The first kappa shape index (κ1) is 56.9. The van der Waals surface area contributed by atoms with E-state index >= 15 is 0 Å². The standard InChI is InChI=1S/C28H34N8O.C21H25ClN4O.C8H15N3/c1-19-12-21(7-6-20(19)8-9-26(37)22-13-31-36(15-22)28(2,3)4)25-10-11-29-27(33-25)32-23-14-30-35(16-23)24-17-34(5)18-24;1-14-11-16(18-9-10-24-20(22)26-18)6-5-15(14)7-8-19(27)17(12-23)13-25-21(2,3)4;1-3-7(9)4-10-8-5-11(2)6-8/h6-7,10-16,24H,8-9,17-18H2,1-5H3,(H,29,32,33);5-6,9-13H,7-8,23H2,1-4H3;3-4,8,10H,1,5-6,9H2,2H3/b;;7-4+. The van der Waals surface area contributed by atoms with Crippen molar-refractivity contribution >= 4 is 41.0 Å². The summed E-state index contributed by atoms with van der Waals surface area (Å²) in [7, 11) is 4.20. The molecule has 6 aromatic rings. The Hall–Kier alpha value is -7.34. The average molecular weight is 1040 g/mol. The number of ketones is 2. The lowest BCUT2D eigenvalue weighted by Gasteiger charge is -2.36. The predicted molar refractivity (Wildman–Crippen MR) is 302 cm³/mol. The molecule has 396 valence electrons. The van der Waals surface area contributed by atoms with Gasteiger partial charge in [0.1, 0.15) is 0 Å². The Bertz CT molecular complexity index is 3000. The van der Waals surface area contributed by atoms with Gasteiger partial charge in [-0.05, 0) is 147 Å². The van der Waals surface area contributed by atoms with E-state index in [2.05, 4.69) is 117 Å². The molecule has 2 fully saturated rings. The number of hydrogen-bond acceptors (Lipinski definition) is 15. The maximum Gasteiger partial charge on any atom is 0.227 e. The van der Waals surface area contributed by atoms with Gasteiger partial charge in [-0.25, -0.2) is 19.9 Å². The zero-order valence-electron chi connectivity index (χ0n) is 45.2. The Morgan fingerprint density at radius 3 is 1.99 bits per heavy atom. The molecule has 0 spiro atoms. The maximum absolute atomic E-state index is 12.7. The van der Waals surface area contributed by atoms with Crippen molar-refractivity contribution in [2.75, 3.05) is 45.6 Å². The number of nitrogens with two attached hydrogens (primary N) is 2. The molecule has 0 amide bonds. The smallest absolute Gasteiger partial charge is 0.227 e. The van der Waals surface area contributed by atoms with Crippen LogP contribution in [0.1, 0.15) is 93.0 Å². The fraction of sp³-hybridized carbons (Fsp3) is 0.386. The van der Waals surface area contributed by atoms with Crippen molar-refractivity contribution in [1.29, 1.82) is 0 Å². The fourth-order valence-electron chi connectivity index (χ4n) is 8.08. The monoisotopic (exact) mass is 1040 g/mol. The summed E-state index contributed by atoms with van der Waals surface area (Å²) >= 11 is 5.86. The number of aryl methyl sites for hydroxylation is 4. The molecule has 6 heterocycles. The molecule has 4 aromatic heterocycles. The highest BCUT2D eigenvalue weighted by atomic mass is 35.5. The summed E-state index contributed by atoms with van der Waals surface area (Å²) in [5, 5.41) is 15.5. The van der Waals surface area contributed by atoms with Gasteiger partial charge in [0, 0.05) is 99.2 Å². The normalized spacial score (nSPS) is 14.8. The SMILES string of the molecule is C=C/C(N)=C\NC1CN(C)C1.Cc1cc(-c2ccnc(Cl)n2)ccc1CCC(=O)C(C=NC(C)(C)C)=CN.Cc1cc(-c2ccnc(Nc3cnn(C4CN(C)C4)c3)n2)ccc1CCC(=O)c1cnn(C(C)(C)C)c1. The number of hydrogen-bond donors (Lipinski definition) is 4. The van der Waals surface area contributed by atoms with Crippen LogP contribution in [0.3, 0.4) is 0 Å². The zero-order valence-corrected chi connectivity index (χ0v) is 45.9. The van der Waals surface area contributed by atoms with E-state index in [1.54, 1.807) is 30.9 Å². The molecule has 0 unspecified atom stereocenters. The van der Waals surface area contributed by atoms with Crippen molar-refractivity contribution in [3.63, 3.8) is 0 Å². The Labute approximate surface area is 447 Å². The summed E-state index contributed by atoms with van der Waals surface area (Å²) in [6.07, 6.45) is 19.2. The van der Waals surface area contributed by atoms with Crippen LogP contribution in [0.15, 0.2) is 127 Å². The largest absolute Gasteiger partial charge is 0.404 e. The Kier molecular flexibility index (Phi) is 19.5. The van der Waals surface area contributed by atoms with E-state index in [-0.39, 0.29) is 27.9 Å². The first-order valence-electron chi connectivity index (χ1n) is 25.2. The molecule has 0 aliphatic carbocycles. The molecule has 2 aliphatic heterocycles. The number of likely N-dealkylation sites (N-methyl/N-ethyl adjacent to an activating group) is 2. The molecular formula is C57H74ClN15O2. The van der Waals surface area contributed by atoms with Crippen LogP contribution in [0.2, 0.25) is 5.28 Å². The highest BCUT2D eigenvalue weighted by Gasteiger charge is 2.26. The minimum Gasteiger partial charge on any atom is -0.404 e. The quantitative estimate of drug-likeness (QED) is 0.0221. The van der Waals surface area contributed by atoms with E-state index in [1.807, 2.05) is 92.2 Å². The van der Waals surface area contributed by atoms with Crippen molar-refractivity contribution in [3.05, 3.63) is 155 Å². The van der Waals surface area contributed by atoms with Crippen LogP contribution < -0.4 is 22.1 Å². The van der Waals surface area contributed by atoms with Crippen LogP contribution >= 0.6 is 11.6 Å². The molecule has 0 saturated carbocycles. The number of nitrogens with zero attached hydrogens (tertiary/aromatic N) is 11. The number of aliphatic imine (C=N–C) groups is 1. The second-order valence-corrected chi connectivity index (χ2v) is 21.5. The van der Waals surface area contributed by atoms with E-state index in [0.29, 0.717) is 60.5 Å². The molecule has 2 saturated heterocycles. The van der Waals surface area contributed by atoms with Crippen LogP contribution in [-0.4, -0.2) is 119 Å². The van der Waals surface area contributed by atoms with E-state index in [0.717, 1.165) is 76.6 Å². The van der Waals surface area contributed by atoms with Gasteiger partial charge in [0.2, 0.25) is 11.2 Å². The van der Waals surface area contributed by atoms with Crippen LogP contribution in [0.25, 0.3) is 22.5 Å². The molecular weight excluding hydrogens is 962 g/mol. The number of aromatic nitrogens is 8. The summed E-state index contributed by atoms with van der Waals surface area (Å²) in [6.45, 7) is 24.0. The molecule has 75 heavy (non-hydrogen) atoms. The van der Waals surface area contributed by atoms with Crippen LogP contribution in [0, 0.1) is 13.8 Å². The molecule has 2 aromatic carbocycles. The Morgan fingerprint density at radius 2 is 1.44 bits per heavy atom. The van der Waals surface area contributed by atoms with Gasteiger partial charge in [-0.3, -0.25) is 23.9 Å². The van der Waals surface area contributed by atoms with E-state index in [1.165, 1.54) is 6.20 Å². The number of nitrogens with one attached hydrogen (secondary N) is 2. The first-order chi connectivity index (χ1) is 35.6. The van der Waals surface area contributed by atoms with Gasteiger partial charge < -0.3 is 31.9 Å². The van der Waals surface area contributed by atoms with Crippen molar-refractivity contribution in [2.24, 2.45) is 16.5 Å². The average Bonchev–Trinajstić information content (AvgIpc) is 4.05. The van der Waals surface area contributed by atoms with Gasteiger partial charge in [-0.1, -0.05) is 30.8 Å². The minimum absolute atomic E-state index is 0.0171. The van der Waals surface area contributed by atoms with Gasteiger partial charge in [0.25, 0.3) is 0 Å². The van der Waals surface area contributed by atoms with Crippen molar-refractivity contribution < 1.29 is 9.59 Å². The number of rotatable bonds is 17. The molecule has 17 nitrogen and oxygen atoms in total. The summed E-state index contributed by atoms with van der Waals surface area (Å²) in [5.41, 5.74) is 21.5. The lowest BCUT2D eigenvalue weighted by atomic mass is 9.97. The molecule has 2 aliphatic rings. The fourth-order valence-corrected chi connectivity index (χ4v) is 8.23. The molecule has 0 atom stereocenters. The molecule has 0 radical (unpaired) electrons. The van der Waals surface area contributed by atoms with Crippen LogP contribution in [0.4, 0.5) is 11.6 Å². The van der Waals surface area contributed by atoms with E-state index in [9.17, 15) is 9.59 Å². The number of carbonyl (C=O) groups excluding carboxylic acids is 2. The van der Waals surface area contributed by atoms with Crippen molar-refractivity contribution in [3.8, 4) is 22.5 Å². The minimum atomic E-state index is -0.245. The Morgan fingerprint density at radius 1 is 0.827 bits per heavy atom. The van der Waals surface area contributed by atoms with Gasteiger partial charge in [-0.2, -0.15) is 10.2 Å². The predicted octanol–water partition coefficient (Wildman–Crippen LogP) is 8.84. The second kappa shape index (κ2) is 25.7. The number of halogens is 1. The summed E-state index contributed by atoms with van der Waals surface area (Å²) in [6, 6.07) is 17.0. The molecule has 0 bridgehead atoms. The molecule has 18 heteroatoms. The van der Waals surface area contributed by atoms with Gasteiger partial charge in [0.15, 0.2) is 11.6 Å². The third kappa shape index (κ3) is 17.1. The third-order valence-corrected chi connectivity index (χ3v) is 12.7. The summed E-state index contributed by atoms with van der Waals surface area (Å²) in [5.74, 6) is 0.626. The second-order valence-electron chi connectivity index (χ2n) is 21.1. The molecule has 6 N–H and O–H groups in total. The highest BCUT2D eigenvalue weighted by molar-refractivity contribution is 6.28.